The van der Waals surface area contributed by atoms with Crippen LogP contribution in [-0.2, 0) is 0 Å². The molecular weight excluding hydrogens is 412 g/mol. The molecule has 15 heavy (non-hydrogen) atoms. The van der Waals surface area contributed by atoms with Gasteiger partial charge in [0.2, 0.25) is 0 Å². The Morgan fingerprint density at radius 2 is 1.93 bits per heavy atom. The van der Waals surface area contributed by atoms with E-state index in [0.717, 1.165) is 0 Å². The van der Waals surface area contributed by atoms with Crippen LogP contribution in [0, 0.1) is 0 Å². The highest BCUT2D eigenvalue weighted by atomic mass is 127. The zero-order chi connectivity index (χ0) is 10.7. The Morgan fingerprint density at radius 3 is 2.67 bits per heavy atom. The molecule has 0 saturated carbocycles. The van der Waals surface area contributed by atoms with E-state index in [1.165, 1.54) is 26.2 Å². The first-order valence-corrected chi connectivity index (χ1v) is 8.09. The SMILES string of the molecule is ICCC(CI)n1ccc2ccccc21. The monoisotopic (exact) mass is 425 g/mol. The maximum atomic E-state index is 2.48. The minimum Gasteiger partial charge on any atom is -0.344 e. The van der Waals surface area contributed by atoms with Crippen molar-refractivity contribution in [2.75, 3.05) is 8.86 Å². The van der Waals surface area contributed by atoms with E-state index in [0.29, 0.717) is 6.04 Å². The summed E-state index contributed by atoms with van der Waals surface area (Å²) in [6.45, 7) is 0. The molecule has 1 aromatic heterocycles. The van der Waals surface area contributed by atoms with Crippen molar-refractivity contribution in [1.29, 1.82) is 0 Å². The fourth-order valence-corrected chi connectivity index (χ4v) is 3.42. The first-order chi connectivity index (χ1) is 7.36. The molecule has 3 heteroatoms. The van der Waals surface area contributed by atoms with Crippen molar-refractivity contribution in [3.05, 3.63) is 36.5 Å². The zero-order valence-corrected chi connectivity index (χ0v) is 12.7. The third-order valence-corrected chi connectivity index (χ3v) is 4.28. The molecular formula is C12H13I2N. The molecule has 0 aliphatic rings. The standard InChI is InChI=1S/C12H13I2N/c13-7-5-11(9-14)15-8-6-10-3-1-2-4-12(10)15/h1-4,6,8,11H,5,7,9H2. The molecule has 0 bridgehead atoms. The summed E-state index contributed by atoms with van der Waals surface area (Å²) in [5, 5.41) is 1.35. The van der Waals surface area contributed by atoms with Gasteiger partial charge in [0, 0.05) is 26.6 Å². The number of aromatic nitrogens is 1. The highest BCUT2D eigenvalue weighted by Crippen LogP contribution is 2.24. The number of hydrogen-bond donors (Lipinski definition) is 0. The van der Waals surface area contributed by atoms with E-state index in [9.17, 15) is 0 Å². The van der Waals surface area contributed by atoms with Crippen molar-refractivity contribution in [2.45, 2.75) is 12.5 Å². The van der Waals surface area contributed by atoms with Gasteiger partial charge in [-0.2, -0.15) is 0 Å². The molecule has 1 heterocycles. The summed E-state index contributed by atoms with van der Waals surface area (Å²) in [6, 6.07) is 11.5. The van der Waals surface area contributed by atoms with E-state index < -0.39 is 0 Å². The fourth-order valence-electron chi connectivity index (χ4n) is 1.84. The minimum atomic E-state index is 0.641. The Labute approximate surface area is 118 Å². The number of fused-ring (bicyclic) bond motifs is 1. The lowest BCUT2D eigenvalue weighted by Crippen LogP contribution is -2.09. The van der Waals surface area contributed by atoms with E-state index in [1.807, 2.05) is 0 Å². The summed E-state index contributed by atoms with van der Waals surface area (Å²) < 4.78 is 4.82. The largest absolute Gasteiger partial charge is 0.344 e. The van der Waals surface area contributed by atoms with Gasteiger partial charge in [-0.3, -0.25) is 0 Å². The molecule has 0 fully saturated rings. The van der Waals surface area contributed by atoms with Gasteiger partial charge < -0.3 is 4.57 Å². The summed E-state index contributed by atoms with van der Waals surface area (Å²) in [5.74, 6) is 0. The molecule has 2 rings (SSSR count). The van der Waals surface area contributed by atoms with Gasteiger partial charge in [0.25, 0.3) is 0 Å². The highest BCUT2D eigenvalue weighted by Gasteiger charge is 2.10. The van der Waals surface area contributed by atoms with Crippen LogP contribution >= 0.6 is 45.2 Å². The maximum Gasteiger partial charge on any atom is 0.0483 e. The first-order valence-electron chi connectivity index (χ1n) is 5.04. The second-order valence-electron chi connectivity index (χ2n) is 3.57. The van der Waals surface area contributed by atoms with Gasteiger partial charge in [-0.05, 0) is 23.9 Å². The summed E-state index contributed by atoms with van der Waals surface area (Å²) >= 11 is 4.94. The van der Waals surface area contributed by atoms with Crippen molar-refractivity contribution in [3.63, 3.8) is 0 Å². The van der Waals surface area contributed by atoms with Crippen molar-refractivity contribution in [1.82, 2.24) is 4.57 Å². The summed E-state index contributed by atoms with van der Waals surface area (Å²) in [6.07, 6.45) is 3.47. The number of benzene rings is 1. The Hall–Kier alpha value is 0.220. The third-order valence-electron chi connectivity index (χ3n) is 2.64. The van der Waals surface area contributed by atoms with E-state index in [1.54, 1.807) is 0 Å². The van der Waals surface area contributed by atoms with Crippen molar-refractivity contribution >= 4 is 56.1 Å². The van der Waals surface area contributed by atoms with Crippen LogP contribution in [0.5, 0.6) is 0 Å². The number of nitrogens with zero attached hydrogens (tertiary/aromatic N) is 1. The van der Waals surface area contributed by atoms with Crippen LogP contribution in [0.4, 0.5) is 0 Å². The predicted molar refractivity (Wildman–Crippen MR) is 83.4 cm³/mol. The van der Waals surface area contributed by atoms with Crippen molar-refractivity contribution in [3.8, 4) is 0 Å². The molecule has 1 atom stereocenters. The Morgan fingerprint density at radius 1 is 1.13 bits per heavy atom. The van der Waals surface area contributed by atoms with Gasteiger partial charge in [-0.1, -0.05) is 63.4 Å². The molecule has 0 spiro atoms. The second-order valence-corrected chi connectivity index (χ2v) is 5.53. The Balaban J connectivity index is 2.41. The quantitative estimate of drug-likeness (QED) is 0.505. The summed E-state index contributed by atoms with van der Waals surface area (Å²) in [5.41, 5.74) is 1.36. The van der Waals surface area contributed by atoms with Crippen LogP contribution in [0.25, 0.3) is 10.9 Å². The van der Waals surface area contributed by atoms with Crippen LogP contribution in [0.2, 0.25) is 0 Å². The van der Waals surface area contributed by atoms with Crippen LogP contribution < -0.4 is 0 Å². The lowest BCUT2D eigenvalue weighted by molar-refractivity contribution is 0.572. The number of alkyl halides is 2. The average molecular weight is 425 g/mol. The molecule has 0 radical (unpaired) electrons. The molecule has 0 amide bonds. The molecule has 2 aromatic rings. The average Bonchev–Trinajstić information content (AvgIpc) is 2.70. The van der Waals surface area contributed by atoms with Gasteiger partial charge in [0.05, 0.1) is 0 Å². The summed E-state index contributed by atoms with van der Waals surface area (Å²) in [4.78, 5) is 0. The predicted octanol–water partition coefficient (Wildman–Crippen LogP) is 4.44. The van der Waals surface area contributed by atoms with E-state index >= 15 is 0 Å². The van der Waals surface area contributed by atoms with Crippen LogP contribution in [0.15, 0.2) is 36.5 Å². The van der Waals surface area contributed by atoms with Gasteiger partial charge in [0.15, 0.2) is 0 Å². The number of hydrogen-bond acceptors (Lipinski definition) is 0. The van der Waals surface area contributed by atoms with Crippen LogP contribution in [0.3, 0.4) is 0 Å². The van der Waals surface area contributed by atoms with Gasteiger partial charge >= 0.3 is 0 Å². The number of halogens is 2. The molecule has 1 aromatic carbocycles. The third kappa shape index (κ3) is 2.49. The normalized spacial score (nSPS) is 13.2. The maximum absolute atomic E-state index is 2.48. The first kappa shape index (κ1) is 11.7. The number of para-hydroxylation sites is 1. The molecule has 0 aliphatic carbocycles. The molecule has 0 N–H and O–H groups in total. The van der Waals surface area contributed by atoms with Crippen molar-refractivity contribution in [2.24, 2.45) is 0 Å². The van der Waals surface area contributed by atoms with Gasteiger partial charge in [-0.25, -0.2) is 0 Å². The zero-order valence-electron chi connectivity index (χ0n) is 8.37. The lowest BCUT2D eigenvalue weighted by Gasteiger charge is -2.16. The van der Waals surface area contributed by atoms with Gasteiger partial charge in [0.1, 0.15) is 0 Å². The van der Waals surface area contributed by atoms with E-state index in [2.05, 4.69) is 86.3 Å². The van der Waals surface area contributed by atoms with Crippen LogP contribution in [0.1, 0.15) is 12.5 Å². The molecule has 80 valence electrons. The van der Waals surface area contributed by atoms with E-state index in [-0.39, 0.29) is 0 Å². The number of rotatable bonds is 4. The molecule has 1 nitrogen and oxygen atoms in total. The Kier molecular flexibility index (Phi) is 4.30. The summed E-state index contributed by atoms with van der Waals surface area (Å²) in [7, 11) is 0. The smallest absolute Gasteiger partial charge is 0.0483 e. The fraction of sp³-hybridized carbons (Fsp3) is 0.333. The molecule has 0 aliphatic heterocycles. The molecule has 0 saturated heterocycles. The molecule has 1 unspecified atom stereocenters. The minimum absolute atomic E-state index is 0.641. The van der Waals surface area contributed by atoms with Gasteiger partial charge in [-0.15, -0.1) is 0 Å². The second kappa shape index (κ2) is 5.52. The topological polar surface area (TPSA) is 4.93 Å². The lowest BCUT2D eigenvalue weighted by atomic mass is 10.2. The van der Waals surface area contributed by atoms with E-state index in [4.69, 9.17) is 0 Å². The van der Waals surface area contributed by atoms with Crippen molar-refractivity contribution < 1.29 is 0 Å². The van der Waals surface area contributed by atoms with Crippen LogP contribution in [-0.4, -0.2) is 13.4 Å². The Bertz CT molecular complexity index is 436. The highest BCUT2D eigenvalue weighted by molar-refractivity contribution is 14.1.